The first kappa shape index (κ1) is 20.2. The van der Waals surface area contributed by atoms with Gasteiger partial charge in [-0.2, -0.15) is 0 Å². The molecule has 0 saturated carbocycles. The molecule has 148 valence electrons. The van der Waals surface area contributed by atoms with Crippen LogP contribution in [0, 0.1) is 0 Å². The molecule has 2 N–H and O–H groups in total. The van der Waals surface area contributed by atoms with Gasteiger partial charge in [0.1, 0.15) is 0 Å². The van der Waals surface area contributed by atoms with Gasteiger partial charge < -0.3 is 20.4 Å². The fraction of sp³-hybridized carbons (Fsp3) is 0.333. The van der Waals surface area contributed by atoms with E-state index in [-0.39, 0.29) is 0 Å². The van der Waals surface area contributed by atoms with Gasteiger partial charge in [-0.1, -0.05) is 23.7 Å². The summed E-state index contributed by atoms with van der Waals surface area (Å²) in [4.78, 5) is 28.6. The molecule has 1 saturated heterocycles. The Morgan fingerprint density at radius 2 is 1.57 bits per heavy atom. The number of likely N-dealkylation sites (N-methyl/N-ethyl adjacent to an activating group) is 1. The maximum Gasteiger partial charge on any atom is 0.313 e. The van der Waals surface area contributed by atoms with Crippen LogP contribution in [0.3, 0.4) is 0 Å². The summed E-state index contributed by atoms with van der Waals surface area (Å²) in [5, 5.41) is 5.77. The Hall–Kier alpha value is -2.57. The summed E-state index contributed by atoms with van der Waals surface area (Å²) >= 11 is 5.80. The third-order valence-corrected chi connectivity index (χ3v) is 5.06. The molecule has 7 heteroatoms. The highest BCUT2D eigenvalue weighted by molar-refractivity contribution is 6.39. The first-order valence-electron chi connectivity index (χ1n) is 9.38. The Kier molecular flexibility index (Phi) is 6.90. The number of halogens is 1. The topological polar surface area (TPSA) is 64.7 Å². The lowest BCUT2D eigenvalue weighted by Crippen LogP contribution is -2.44. The number of anilines is 2. The van der Waals surface area contributed by atoms with Crippen molar-refractivity contribution < 1.29 is 9.59 Å². The molecular weight excluding hydrogens is 376 g/mol. The second kappa shape index (κ2) is 9.57. The van der Waals surface area contributed by atoms with E-state index in [9.17, 15) is 9.59 Å². The Balaban J connectivity index is 1.42. The molecule has 1 aliphatic rings. The zero-order valence-electron chi connectivity index (χ0n) is 16.0. The summed E-state index contributed by atoms with van der Waals surface area (Å²) in [5.41, 5.74) is 2.88. The fourth-order valence-corrected chi connectivity index (χ4v) is 3.19. The highest BCUT2D eigenvalue weighted by Gasteiger charge is 2.15. The quantitative estimate of drug-likeness (QED) is 0.756. The molecule has 0 spiro atoms. The van der Waals surface area contributed by atoms with Crippen molar-refractivity contribution in [2.24, 2.45) is 0 Å². The Morgan fingerprint density at radius 3 is 2.21 bits per heavy atom. The SMILES string of the molecule is CN1CCN(c2ccc(CCNC(=O)C(=O)Nc3ccc(Cl)cc3)cc2)CC1. The molecule has 28 heavy (non-hydrogen) atoms. The van der Waals surface area contributed by atoms with Crippen LogP contribution in [0.1, 0.15) is 5.56 Å². The van der Waals surface area contributed by atoms with E-state index in [0.717, 1.165) is 31.7 Å². The maximum atomic E-state index is 11.9. The average Bonchev–Trinajstić information content (AvgIpc) is 2.71. The number of hydrogen-bond acceptors (Lipinski definition) is 4. The van der Waals surface area contributed by atoms with E-state index in [1.165, 1.54) is 5.69 Å². The summed E-state index contributed by atoms with van der Waals surface area (Å²) in [6.45, 7) is 4.63. The fourth-order valence-electron chi connectivity index (χ4n) is 3.06. The highest BCUT2D eigenvalue weighted by Crippen LogP contribution is 2.17. The number of rotatable bonds is 5. The van der Waals surface area contributed by atoms with Crippen molar-refractivity contribution in [3.63, 3.8) is 0 Å². The molecule has 0 radical (unpaired) electrons. The van der Waals surface area contributed by atoms with E-state index in [1.54, 1.807) is 24.3 Å². The van der Waals surface area contributed by atoms with Crippen LogP contribution in [-0.2, 0) is 16.0 Å². The molecule has 0 unspecified atom stereocenters. The summed E-state index contributed by atoms with van der Waals surface area (Å²) in [7, 11) is 2.14. The minimum atomic E-state index is -0.687. The van der Waals surface area contributed by atoms with Gasteiger partial charge in [0.15, 0.2) is 0 Å². The molecule has 2 aromatic carbocycles. The van der Waals surface area contributed by atoms with Gasteiger partial charge in [0, 0.05) is 49.1 Å². The zero-order chi connectivity index (χ0) is 19.9. The number of carbonyl (C=O) groups excluding carboxylic acids is 2. The van der Waals surface area contributed by atoms with Crippen molar-refractivity contribution in [3.8, 4) is 0 Å². The lowest BCUT2D eigenvalue weighted by molar-refractivity contribution is -0.136. The molecule has 3 rings (SSSR count). The highest BCUT2D eigenvalue weighted by atomic mass is 35.5. The van der Waals surface area contributed by atoms with Gasteiger partial charge in [0.05, 0.1) is 0 Å². The number of hydrogen-bond donors (Lipinski definition) is 2. The van der Waals surface area contributed by atoms with Crippen LogP contribution in [0.4, 0.5) is 11.4 Å². The molecule has 1 fully saturated rings. The minimum absolute atomic E-state index is 0.403. The van der Waals surface area contributed by atoms with Crippen molar-refractivity contribution in [1.82, 2.24) is 10.2 Å². The van der Waals surface area contributed by atoms with Crippen LogP contribution < -0.4 is 15.5 Å². The van der Waals surface area contributed by atoms with Gasteiger partial charge >= 0.3 is 11.8 Å². The van der Waals surface area contributed by atoms with E-state index in [0.29, 0.717) is 23.7 Å². The molecule has 1 heterocycles. The molecule has 0 bridgehead atoms. The standard InChI is InChI=1S/C21H25ClN4O2/c1-25-12-14-26(15-13-25)19-8-2-16(3-9-19)10-11-23-20(27)21(28)24-18-6-4-17(22)5-7-18/h2-9H,10-15H2,1H3,(H,23,27)(H,24,28). The van der Waals surface area contributed by atoms with Crippen LogP contribution in [-0.4, -0.2) is 56.5 Å². The Bertz CT molecular complexity index is 800. The van der Waals surface area contributed by atoms with Gasteiger partial charge in [-0.3, -0.25) is 9.59 Å². The maximum absolute atomic E-state index is 11.9. The first-order chi connectivity index (χ1) is 13.5. The third-order valence-electron chi connectivity index (χ3n) is 4.81. The number of piperazine rings is 1. The number of benzene rings is 2. The second-order valence-corrected chi connectivity index (χ2v) is 7.36. The summed E-state index contributed by atoms with van der Waals surface area (Å²) < 4.78 is 0. The van der Waals surface area contributed by atoms with Gasteiger partial charge in [0.2, 0.25) is 0 Å². The van der Waals surface area contributed by atoms with Crippen LogP contribution in [0.15, 0.2) is 48.5 Å². The second-order valence-electron chi connectivity index (χ2n) is 6.92. The first-order valence-corrected chi connectivity index (χ1v) is 9.76. The number of amides is 2. The molecule has 6 nitrogen and oxygen atoms in total. The zero-order valence-corrected chi connectivity index (χ0v) is 16.7. The Labute approximate surface area is 170 Å². The molecular formula is C21H25ClN4O2. The van der Waals surface area contributed by atoms with Crippen LogP contribution in [0.2, 0.25) is 5.02 Å². The van der Waals surface area contributed by atoms with E-state index in [4.69, 9.17) is 11.6 Å². The summed E-state index contributed by atoms with van der Waals surface area (Å²) in [5.74, 6) is -1.34. The largest absolute Gasteiger partial charge is 0.369 e. The monoisotopic (exact) mass is 400 g/mol. The lowest BCUT2D eigenvalue weighted by Gasteiger charge is -2.34. The molecule has 0 aliphatic carbocycles. The number of carbonyl (C=O) groups is 2. The molecule has 0 atom stereocenters. The summed E-state index contributed by atoms with van der Waals surface area (Å²) in [6.07, 6.45) is 0.670. The average molecular weight is 401 g/mol. The normalized spacial score (nSPS) is 14.6. The van der Waals surface area contributed by atoms with Gasteiger partial charge in [-0.15, -0.1) is 0 Å². The molecule has 0 aromatic heterocycles. The van der Waals surface area contributed by atoms with Crippen molar-refractivity contribution >= 4 is 34.8 Å². The van der Waals surface area contributed by atoms with Crippen molar-refractivity contribution in [1.29, 1.82) is 0 Å². The minimum Gasteiger partial charge on any atom is -0.369 e. The van der Waals surface area contributed by atoms with Gasteiger partial charge in [-0.25, -0.2) is 0 Å². The van der Waals surface area contributed by atoms with Crippen molar-refractivity contribution in [2.75, 3.05) is 50.0 Å². The van der Waals surface area contributed by atoms with E-state index >= 15 is 0 Å². The smallest absolute Gasteiger partial charge is 0.313 e. The van der Waals surface area contributed by atoms with E-state index < -0.39 is 11.8 Å². The summed E-state index contributed by atoms with van der Waals surface area (Å²) in [6, 6.07) is 15.0. The number of nitrogens with one attached hydrogen (secondary N) is 2. The van der Waals surface area contributed by atoms with Gasteiger partial charge in [-0.05, 0) is 55.4 Å². The van der Waals surface area contributed by atoms with Crippen molar-refractivity contribution in [2.45, 2.75) is 6.42 Å². The molecule has 2 aromatic rings. The predicted molar refractivity (Wildman–Crippen MR) is 113 cm³/mol. The van der Waals surface area contributed by atoms with Crippen LogP contribution >= 0.6 is 11.6 Å². The Morgan fingerprint density at radius 1 is 0.929 bits per heavy atom. The van der Waals surface area contributed by atoms with Crippen LogP contribution in [0.25, 0.3) is 0 Å². The van der Waals surface area contributed by atoms with E-state index in [2.05, 4.69) is 51.7 Å². The molecule has 1 aliphatic heterocycles. The van der Waals surface area contributed by atoms with Gasteiger partial charge in [0.25, 0.3) is 0 Å². The van der Waals surface area contributed by atoms with E-state index in [1.807, 2.05) is 0 Å². The molecule has 2 amide bonds. The lowest BCUT2D eigenvalue weighted by atomic mass is 10.1. The predicted octanol–water partition coefficient (Wildman–Crippen LogP) is 2.39. The number of nitrogens with zero attached hydrogens (tertiary/aromatic N) is 2. The van der Waals surface area contributed by atoms with Crippen LogP contribution in [0.5, 0.6) is 0 Å². The third kappa shape index (κ3) is 5.71. The van der Waals surface area contributed by atoms with Crippen molar-refractivity contribution in [3.05, 3.63) is 59.1 Å².